The maximum atomic E-state index is 12.0. The molecule has 3 nitrogen and oxygen atoms in total. The minimum atomic E-state index is -0.196. The molecule has 0 radical (unpaired) electrons. The maximum absolute atomic E-state index is 12.0. The Balaban J connectivity index is 2.45. The van der Waals surface area contributed by atoms with E-state index in [0.717, 1.165) is 30.6 Å². The molecule has 0 heterocycles. The van der Waals surface area contributed by atoms with Crippen molar-refractivity contribution in [2.45, 2.75) is 45.1 Å². The number of halogens is 1. The molecule has 1 aromatic carbocycles. The summed E-state index contributed by atoms with van der Waals surface area (Å²) in [5, 5.41) is 3.09. The molecule has 0 aliphatic carbocycles. The first kappa shape index (κ1) is 16.8. The Morgan fingerprint density at radius 3 is 2.50 bits per heavy atom. The lowest BCUT2D eigenvalue weighted by atomic mass is 9.95. The largest absolute Gasteiger partial charge is 0.497 e. The lowest BCUT2D eigenvalue weighted by Gasteiger charge is -2.29. The topological polar surface area (TPSA) is 38.3 Å². The van der Waals surface area contributed by atoms with E-state index in [-0.39, 0.29) is 11.4 Å². The quantitative estimate of drug-likeness (QED) is 0.745. The molecule has 0 bridgehead atoms. The van der Waals surface area contributed by atoms with Gasteiger partial charge < -0.3 is 10.1 Å². The van der Waals surface area contributed by atoms with E-state index in [2.05, 4.69) is 12.2 Å². The zero-order valence-corrected chi connectivity index (χ0v) is 13.3. The fraction of sp³-hybridized carbons (Fsp3) is 0.562. The molecule has 1 atom stereocenters. The normalized spacial score (nSPS) is 13.6. The van der Waals surface area contributed by atoms with E-state index in [1.54, 1.807) is 7.11 Å². The fourth-order valence-corrected chi connectivity index (χ4v) is 2.40. The van der Waals surface area contributed by atoms with Gasteiger partial charge in [-0.3, -0.25) is 4.79 Å². The summed E-state index contributed by atoms with van der Waals surface area (Å²) >= 11 is 5.79. The highest BCUT2D eigenvalue weighted by Crippen LogP contribution is 2.16. The second-order valence-corrected chi connectivity index (χ2v) is 5.63. The van der Waals surface area contributed by atoms with Gasteiger partial charge in [0.25, 0.3) is 0 Å². The average Bonchev–Trinajstić information content (AvgIpc) is 2.46. The van der Waals surface area contributed by atoms with Gasteiger partial charge in [0.05, 0.1) is 7.11 Å². The monoisotopic (exact) mass is 297 g/mol. The lowest BCUT2D eigenvalue weighted by Crippen LogP contribution is -2.45. The molecule has 1 aromatic rings. The molecular formula is C16H24ClNO2. The van der Waals surface area contributed by atoms with Crippen molar-refractivity contribution >= 4 is 17.5 Å². The third kappa shape index (κ3) is 5.41. The van der Waals surface area contributed by atoms with E-state index in [1.807, 2.05) is 31.2 Å². The van der Waals surface area contributed by atoms with Gasteiger partial charge in [0, 0.05) is 17.8 Å². The zero-order chi connectivity index (χ0) is 15.0. The van der Waals surface area contributed by atoms with E-state index in [1.165, 1.54) is 0 Å². The van der Waals surface area contributed by atoms with Gasteiger partial charge in [0.15, 0.2) is 0 Å². The molecule has 1 N–H and O–H groups in total. The van der Waals surface area contributed by atoms with Gasteiger partial charge in [-0.15, -0.1) is 11.6 Å². The minimum Gasteiger partial charge on any atom is -0.497 e. The zero-order valence-electron chi connectivity index (χ0n) is 12.5. The Kier molecular flexibility index (Phi) is 6.86. The van der Waals surface area contributed by atoms with Crippen LogP contribution in [0.25, 0.3) is 0 Å². The van der Waals surface area contributed by atoms with Crippen molar-refractivity contribution in [2.75, 3.05) is 13.0 Å². The van der Waals surface area contributed by atoms with Gasteiger partial charge in [-0.05, 0) is 43.9 Å². The maximum Gasteiger partial charge on any atom is 0.220 e. The van der Waals surface area contributed by atoms with Crippen molar-refractivity contribution in [1.82, 2.24) is 5.32 Å². The number of alkyl halides is 1. The molecule has 0 aliphatic rings. The number of hydrogen-bond donors (Lipinski definition) is 1. The molecule has 112 valence electrons. The van der Waals surface area contributed by atoms with Crippen molar-refractivity contribution < 1.29 is 9.53 Å². The summed E-state index contributed by atoms with van der Waals surface area (Å²) in [7, 11) is 1.64. The fourth-order valence-electron chi connectivity index (χ4n) is 1.99. The molecule has 0 saturated heterocycles. The Morgan fingerprint density at radius 2 is 2.00 bits per heavy atom. The van der Waals surface area contributed by atoms with Crippen LogP contribution in [0.5, 0.6) is 5.75 Å². The Hall–Kier alpha value is -1.22. The van der Waals surface area contributed by atoms with Gasteiger partial charge in [0.1, 0.15) is 5.75 Å². The predicted octanol–water partition coefficient (Wildman–Crippen LogP) is 3.54. The van der Waals surface area contributed by atoms with E-state index >= 15 is 0 Å². The van der Waals surface area contributed by atoms with E-state index in [9.17, 15) is 4.79 Å². The minimum absolute atomic E-state index is 0.0790. The van der Waals surface area contributed by atoms with Gasteiger partial charge in [-0.2, -0.15) is 0 Å². The molecule has 20 heavy (non-hydrogen) atoms. The third-order valence-electron chi connectivity index (χ3n) is 3.67. The van der Waals surface area contributed by atoms with Crippen LogP contribution in [0.1, 0.15) is 38.7 Å². The molecule has 0 aromatic heterocycles. The Labute approximate surface area is 126 Å². The van der Waals surface area contributed by atoms with Crippen LogP contribution in [-0.4, -0.2) is 24.4 Å². The number of hydrogen-bond acceptors (Lipinski definition) is 2. The summed E-state index contributed by atoms with van der Waals surface area (Å²) in [6.07, 6.45) is 2.90. The smallest absolute Gasteiger partial charge is 0.220 e. The first-order chi connectivity index (χ1) is 9.53. The molecular weight excluding hydrogens is 274 g/mol. The second kappa shape index (κ2) is 8.15. The molecule has 0 saturated carbocycles. The molecule has 0 aliphatic heterocycles. The third-order valence-corrected chi connectivity index (χ3v) is 3.86. The van der Waals surface area contributed by atoms with Crippen LogP contribution in [0.15, 0.2) is 24.3 Å². The summed E-state index contributed by atoms with van der Waals surface area (Å²) in [4.78, 5) is 12.0. The highest BCUT2D eigenvalue weighted by atomic mass is 35.5. The Morgan fingerprint density at radius 1 is 1.35 bits per heavy atom. The number of amides is 1. The van der Waals surface area contributed by atoms with E-state index in [0.29, 0.717) is 12.3 Å². The summed E-state index contributed by atoms with van der Waals surface area (Å²) in [6.45, 7) is 4.11. The summed E-state index contributed by atoms with van der Waals surface area (Å²) < 4.78 is 5.11. The molecule has 4 heteroatoms. The Bertz CT molecular complexity index is 419. The lowest BCUT2D eigenvalue weighted by molar-refractivity contribution is -0.122. The van der Waals surface area contributed by atoms with Crippen molar-refractivity contribution in [2.24, 2.45) is 0 Å². The average molecular weight is 298 g/mol. The molecule has 0 spiro atoms. The number of benzene rings is 1. The van der Waals surface area contributed by atoms with Crippen LogP contribution >= 0.6 is 11.6 Å². The predicted molar refractivity (Wildman–Crippen MR) is 83.5 cm³/mol. The summed E-state index contributed by atoms with van der Waals surface area (Å²) in [6, 6.07) is 7.81. The highest BCUT2D eigenvalue weighted by molar-refractivity contribution is 6.17. The first-order valence-electron chi connectivity index (χ1n) is 7.03. The van der Waals surface area contributed by atoms with E-state index in [4.69, 9.17) is 16.3 Å². The number of carbonyl (C=O) groups excluding carboxylic acids is 1. The molecule has 0 fully saturated rings. The van der Waals surface area contributed by atoms with Crippen molar-refractivity contribution in [3.63, 3.8) is 0 Å². The first-order valence-corrected chi connectivity index (χ1v) is 7.56. The van der Waals surface area contributed by atoms with Gasteiger partial charge in [-0.25, -0.2) is 0 Å². The van der Waals surface area contributed by atoms with Gasteiger partial charge >= 0.3 is 0 Å². The van der Waals surface area contributed by atoms with Crippen molar-refractivity contribution in [1.29, 1.82) is 0 Å². The number of methoxy groups -OCH3 is 1. The number of ether oxygens (including phenoxy) is 1. The highest BCUT2D eigenvalue weighted by Gasteiger charge is 2.23. The SMILES string of the molecule is CCC(C)(CCCl)NC(=O)CCc1ccc(OC)cc1. The second-order valence-electron chi connectivity index (χ2n) is 5.25. The van der Waals surface area contributed by atoms with Crippen molar-refractivity contribution in [3.05, 3.63) is 29.8 Å². The van der Waals surface area contributed by atoms with Gasteiger partial charge in [-0.1, -0.05) is 19.1 Å². The van der Waals surface area contributed by atoms with Gasteiger partial charge in [0.2, 0.25) is 5.91 Å². The molecule has 1 unspecified atom stereocenters. The number of carbonyl (C=O) groups is 1. The van der Waals surface area contributed by atoms with Crippen LogP contribution in [0.2, 0.25) is 0 Å². The number of nitrogens with one attached hydrogen (secondary N) is 1. The summed E-state index contributed by atoms with van der Waals surface area (Å²) in [5.74, 6) is 1.47. The number of aryl methyl sites for hydroxylation is 1. The molecule has 1 amide bonds. The van der Waals surface area contributed by atoms with Crippen LogP contribution in [0.3, 0.4) is 0 Å². The standard InChI is InChI=1S/C16H24ClNO2/c1-4-16(2,11-12-17)18-15(19)10-7-13-5-8-14(20-3)9-6-13/h5-6,8-9H,4,7,10-12H2,1-3H3,(H,18,19). The van der Waals surface area contributed by atoms with Crippen molar-refractivity contribution in [3.8, 4) is 5.75 Å². The van der Waals surface area contributed by atoms with Crippen LogP contribution in [0.4, 0.5) is 0 Å². The van der Waals surface area contributed by atoms with Crippen LogP contribution < -0.4 is 10.1 Å². The number of rotatable bonds is 8. The van der Waals surface area contributed by atoms with Crippen LogP contribution in [0, 0.1) is 0 Å². The summed E-state index contributed by atoms with van der Waals surface area (Å²) in [5.41, 5.74) is 0.940. The van der Waals surface area contributed by atoms with E-state index < -0.39 is 0 Å². The van der Waals surface area contributed by atoms with Crippen LogP contribution in [-0.2, 0) is 11.2 Å². The molecule has 1 rings (SSSR count).